The molecule has 0 radical (unpaired) electrons. The first-order chi connectivity index (χ1) is 7.04. The summed E-state index contributed by atoms with van der Waals surface area (Å²) in [6.45, 7) is 5.76. The highest BCUT2D eigenvalue weighted by atomic mass is 16.3. The molecule has 2 atom stereocenters. The van der Waals surface area contributed by atoms with Crippen LogP contribution < -0.4 is 11.1 Å². The summed E-state index contributed by atoms with van der Waals surface area (Å²) in [4.78, 5) is 11.0. The van der Waals surface area contributed by atoms with Crippen molar-refractivity contribution in [1.82, 2.24) is 5.32 Å². The smallest absolute Gasteiger partial charge is 0.234 e. The van der Waals surface area contributed by atoms with E-state index < -0.39 is 0 Å². The molecule has 0 fully saturated rings. The third kappa shape index (κ3) is 3.09. The van der Waals surface area contributed by atoms with Crippen LogP contribution in [0.4, 0.5) is 0 Å². The van der Waals surface area contributed by atoms with Crippen molar-refractivity contribution < 1.29 is 9.21 Å². The van der Waals surface area contributed by atoms with Crippen LogP contribution in [0.15, 0.2) is 16.5 Å². The molecule has 4 heteroatoms. The van der Waals surface area contributed by atoms with Crippen LogP contribution >= 0.6 is 0 Å². The van der Waals surface area contributed by atoms with Gasteiger partial charge >= 0.3 is 0 Å². The van der Waals surface area contributed by atoms with Gasteiger partial charge in [0.2, 0.25) is 5.91 Å². The Kier molecular flexibility index (Phi) is 3.91. The third-order valence-electron chi connectivity index (χ3n) is 2.39. The monoisotopic (exact) mass is 210 g/mol. The zero-order valence-electron chi connectivity index (χ0n) is 9.41. The molecule has 0 spiro atoms. The summed E-state index contributed by atoms with van der Waals surface area (Å²) in [5.41, 5.74) is 5.25. The molecular weight excluding hydrogens is 192 g/mol. The Morgan fingerprint density at radius 2 is 2.27 bits per heavy atom. The number of hydrogen-bond acceptors (Lipinski definition) is 3. The quantitative estimate of drug-likeness (QED) is 0.774. The van der Waals surface area contributed by atoms with Crippen molar-refractivity contribution >= 4 is 5.91 Å². The normalized spacial score (nSPS) is 14.9. The Hall–Kier alpha value is -1.29. The average molecular weight is 210 g/mol. The van der Waals surface area contributed by atoms with Crippen LogP contribution in [0.1, 0.15) is 37.8 Å². The van der Waals surface area contributed by atoms with Crippen molar-refractivity contribution in [3.05, 3.63) is 23.7 Å². The van der Waals surface area contributed by atoms with Crippen LogP contribution in [0.3, 0.4) is 0 Å². The highest BCUT2D eigenvalue weighted by Crippen LogP contribution is 2.16. The van der Waals surface area contributed by atoms with Gasteiger partial charge in [0.25, 0.3) is 0 Å². The zero-order valence-corrected chi connectivity index (χ0v) is 9.41. The Bertz CT molecular complexity index is 333. The van der Waals surface area contributed by atoms with Crippen LogP contribution in [0, 0.1) is 6.92 Å². The van der Waals surface area contributed by atoms with E-state index in [1.54, 1.807) is 0 Å². The molecule has 4 nitrogen and oxygen atoms in total. The number of rotatable bonds is 5. The number of amides is 1. The molecule has 15 heavy (non-hydrogen) atoms. The van der Waals surface area contributed by atoms with Gasteiger partial charge in [-0.3, -0.25) is 10.1 Å². The maximum absolute atomic E-state index is 11.0. The number of nitrogens with one attached hydrogen (secondary N) is 1. The maximum atomic E-state index is 11.0. The lowest BCUT2D eigenvalue weighted by molar-refractivity contribution is -0.120. The second kappa shape index (κ2) is 4.98. The molecule has 3 N–H and O–H groups in total. The molecule has 0 aliphatic rings. The molecule has 0 bridgehead atoms. The summed E-state index contributed by atoms with van der Waals surface area (Å²) >= 11 is 0. The minimum Gasteiger partial charge on any atom is -0.465 e. The molecule has 2 unspecified atom stereocenters. The predicted molar refractivity (Wildman–Crippen MR) is 58.3 cm³/mol. The van der Waals surface area contributed by atoms with Gasteiger partial charge in [-0.2, -0.15) is 0 Å². The van der Waals surface area contributed by atoms with Gasteiger partial charge in [-0.15, -0.1) is 0 Å². The Balaban J connectivity index is 2.62. The molecule has 1 rings (SSSR count). The lowest BCUT2D eigenvalue weighted by Crippen LogP contribution is -2.41. The summed E-state index contributed by atoms with van der Waals surface area (Å²) in [6.07, 6.45) is 0.680. The first-order valence-electron chi connectivity index (χ1n) is 5.16. The summed E-state index contributed by atoms with van der Waals surface area (Å²) in [5, 5.41) is 3.13. The third-order valence-corrected chi connectivity index (χ3v) is 2.39. The molecule has 1 heterocycles. The van der Waals surface area contributed by atoms with E-state index in [4.69, 9.17) is 10.2 Å². The van der Waals surface area contributed by atoms with Crippen LogP contribution in [0.25, 0.3) is 0 Å². The molecule has 0 aromatic carbocycles. The van der Waals surface area contributed by atoms with Gasteiger partial charge in [0.05, 0.1) is 12.1 Å². The number of furan rings is 1. The largest absolute Gasteiger partial charge is 0.465 e. The second-order valence-corrected chi connectivity index (χ2v) is 3.70. The number of carbonyl (C=O) groups is 1. The van der Waals surface area contributed by atoms with Crippen molar-refractivity contribution in [2.24, 2.45) is 5.73 Å². The fraction of sp³-hybridized carbons (Fsp3) is 0.545. The highest BCUT2D eigenvalue weighted by molar-refractivity contribution is 5.79. The van der Waals surface area contributed by atoms with Crippen LogP contribution in [-0.2, 0) is 4.79 Å². The number of aryl methyl sites for hydroxylation is 1. The number of primary amides is 1. The molecular formula is C11H18N2O2. The first-order valence-corrected chi connectivity index (χ1v) is 5.16. The molecule has 1 amide bonds. The Morgan fingerprint density at radius 1 is 1.60 bits per heavy atom. The Morgan fingerprint density at radius 3 is 2.67 bits per heavy atom. The topological polar surface area (TPSA) is 68.3 Å². The molecule has 1 aromatic rings. The standard InChI is InChI=1S/C11H18N2O2/c1-4-9(11(12)14)13-8(3)10-6-5-7(2)15-10/h5-6,8-9,13H,4H2,1-3H3,(H2,12,14). The number of carbonyl (C=O) groups excluding carboxylic acids is 1. The lowest BCUT2D eigenvalue weighted by Gasteiger charge is -2.17. The molecule has 0 saturated heterocycles. The second-order valence-electron chi connectivity index (χ2n) is 3.70. The van der Waals surface area contributed by atoms with Gasteiger partial charge in [-0.1, -0.05) is 6.92 Å². The van der Waals surface area contributed by atoms with Gasteiger partial charge in [0, 0.05) is 0 Å². The van der Waals surface area contributed by atoms with E-state index in [9.17, 15) is 4.79 Å². The van der Waals surface area contributed by atoms with Crippen molar-refractivity contribution in [2.45, 2.75) is 39.3 Å². The SMILES string of the molecule is CCC(NC(C)c1ccc(C)o1)C(N)=O. The lowest BCUT2D eigenvalue weighted by atomic mass is 10.1. The summed E-state index contributed by atoms with van der Waals surface area (Å²) in [7, 11) is 0. The fourth-order valence-corrected chi connectivity index (χ4v) is 1.47. The fourth-order valence-electron chi connectivity index (χ4n) is 1.47. The molecule has 0 saturated carbocycles. The summed E-state index contributed by atoms with van der Waals surface area (Å²) in [5.74, 6) is 1.37. The first kappa shape index (κ1) is 11.8. The summed E-state index contributed by atoms with van der Waals surface area (Å²) < 4.78 is 5.46. The van der Waals surface area contributed by atoms with E-state index in [0.717, 1.165) is 11.5 Å². The Labute approximate surface area is 89.8 Å². The van der Waals surface area contributed by atoms with E-state index in [1.165, 1.54) is 0 Å². The van der Waals surface area contributed by atoms with E-state index in [2.05, 4.69) is 5.32 Å². The average Bonchev–Trinajstić information content (AvgIpc) is 2.60. The summed E-state index contributed by atoms with van der Waals surface area (Å²) in [6, 6.07) is 3.50. The zero-order chi connectivity index (χ0) is 11.4. The molecule has 0 aliphatic heterocycles. The van der Waals surface area contributed by atoms with Crippen molar-refractivity contribution in [2.75, 3.05) is 0 Å². The van der Waals surface area contributed by atoms with Gasteiger partial charge in [0.1, 0.15) is 11.5 Å². The van der Waals surface area contributed by atoms with Crippen molar-refractivity contribution in [3.8, 4) is 0 Å². The minimum atomic E-state index is -0.326. The van der Waals surface area contributed by atoms with Crippen molar-refractivity contribution in [1.29, 1.82) is 0 Å². The molecule has 84 valence electrons. The van der Waals surface area contributed by atoms with Crippen LogP contribution in [0.2, 0.25) is 0 Å². The van der Waals surface area contributed by atoms with Gasteiger partial charge < -0.3 is 10.2 Å². The van der Waals surface area contributed by atoms with E-state index in [0.29, 0.717) is 6.42 Å². The number of hydrogen-bond donors (Lipinski definition) is 2. The van der Waals surface area contributed by atoms with Gasteiger partial charge in [-0.05, 0) is 32.4 Å². The maximum Gasteiger partial charge on any atom is 0.234 e. The van der Waals surface area contributed by atoms with Crippen LogP contribution in [0.5, 0.6) is 0 Å². The van der Waals surface area contributed by atoms with Crippen molar-refractivity contribution in [3.63, 3.8) is 0 Å². The number of nitrogens with two attached hydrogens (primary N) is 1. The predicted octanol–water partition coefficient (Wildman–Crippen LogP) is 1.50. The van der Waals surface area contributed by atoms with Gasteiger partial charge in [0.15, 0.2) is 0 Å². The van der Waals surface area contributed by atoms with Crippen LogP contribution in [-0.4, -0.2) is 11.9 Å². The van der Waals surface area contributed by atoms with E-state index in [1.807, 2.05) is 32.9 Å². The van der Waals surface area contributed by atoms with E-state index in [-0.39, 0.29) is 18.0 Å². The highest BCUT2D eigenvalue weighted by Gasteiger charge is 2.17. The molecule has 1 aromatic heterocycles. The van der Waals surface area contributed by atoms with Gasteiger partial charge in [-0.25, -0.2) is 0 Å². The minimum absolute atomic E-state index is 0.00356. The van der Waals surface area contributed by atoms with E-state index >= 15 is 0 Å². The molecule has 0 aliphatic carbocycles.